The van der Waals surface area contributed by atoms with E-state index in [0.717, 1.165) is 5.69 Å². The van der Waals surface area contributed by atoms with Crippen molar-refractivity contribution in [1.29, 1.82) is 0 Å². The summed E-state index contributed by atoms with van der Waals surface area (Å²) in [6.45, 7) is 1.80. The number of carboxylic acid groups (broad SMARTS) is 1. The predicted octanol–water partition coefficient (Wildman–Crippen LogP) is 2.85. The zero-order chi connectivity index (χ0) is 15.4. The van der Waals surface area contributed by atoms with Gasteiger partial charge in [-0.05, 0) is 25.1 Å². The highest BCUT2D eigenvalue weighted by Crippen LogP contribution is 2.31. The molecule has 110 valence electrons. The maximum atomic E-state index is 11.2. The van der Waals surface area contributed by atoms with E-state index in [1.165, 1.54) is 6.20 Å². The van der Waals surface area contributed by atoms with Gasteiger partial charge in [-0.15, -0.1) is 0 Å². The number of aromatic nitrogens is 1. The minimum Gasteiger partial charge on any atom is -0.493 e. The van der Waals surface area contributed by atoms with E-state index in [9.17, 15) is 9.90 Å². The van der Waals surface area contributed by atoms with Gasteiger partial charge in [0.15, 0.2) is 11.5 Å². The van der Waals surface area contributed by atoms with E-state index in [0.29, 0.717) is 22.9 Å². The van der Waals surface area contributed by atoms with Crippen molar-refractivity contribution in [3.8, 4) is 11.5 Å². The zero-order valence-electron chi connectivity index (χ0n) is 12.0. The van der Waals surface area contributed by atoms with Gasteiger partial charge in [0, 0.05) is 23.6 Å². The van der Waals surface area contributed by atoms with Gasteiger partial charge in [0.05, 0.1) is 19.9 Å². The Labute approximate surface area is 122 Å². The number of nitrogens with one attached hydrogen (secondary N) is 1. The first-order valence-electron chi connectivity index (χ1n) is 6.24. The molecule has 0 bridgehead atoms. The summed E-state index contributed by atoms with van der Waals surface area (Å²) in [5.41, 5.74) is 2.00. The van der Waals surface area contributed by atoms with Crippen molar-refractivity contribution in [2.24, 2.45) is 0 Å². The minimum atomic E-state index is -1.04. The van der Waals surface area contributed by atoms with Crippen molar-refractivity contribution in [3.05, 3.63) is 41.7 Å². The molecule has 0 fully saturated rings. The second-order valence-corrected chi connectivity index (χ2v) is 4.37. The van der Waals surface area contributed by atoms with Crippen molar-refractivity contribution < 1.29 is 19.4 Å². The van der Waals surface area contributed by atoms with Gasteiger partial charge in [-0.3, -0.25) is 4.98 Å². The van der Waals surface area contributed by atoms with E-state index < -0.39 is 5.97 Å². The Balaban J connectivity index is 2.38. The first kappa shape index (κ1) is 14.6. The van der Waals surface area contributed by atoms with Crippen LogP contribution in [0.15, 0.2) is 30.5 Å². The Morgan fingerprint density at radius 1 is 1.19 bits per heavy atom. The molecule has 1 heterocycles. The largest absolute Gasteiger partial charge is 0.493 e. The standard InChI is InChI=1S/C15H16N2O4/c1-9-6-12(11(8-16-9)15(18)19)17-10-4-5-13(20-2)14(7-10)21-3/h4-8H,1-3H3,(H,16,17)(H,18,19). The van der Waals surface area contributed by atoms with E-state index in [1.54, 1.807) is 45.4 Å². The number of benzene rings is 1. The monoisotopic (exact) mass is 288 g/mol. The zero-order valence-corrected chi connectivity index (χ0v) is 12.0. The summed E-state index contributed by atoms with van der Waals surface area (Å²) in [6, 6.07) is 6.94. The molecule has 0 spiro atoms. The number of hydrogen-bond acceptors (Lipinski definition) is 5. The van der Waals surface area contributed by atoms with Gasteiger partial charge in [0.25, 0.3) is 0 Å². The second-order valence-electron chi connectivity index (χ2n) is 4.37. The van der Waals surface area contributed by atoms with Crippen molar-refractivity contribution in [2.45, 2.75) is 6.92 Å². The van der Waals surface area contributed by atoms with Crippen LogP contribution in [0.4, 0.5) is 11.4 Å². The first-order chi connectivity index (χ1) is 10.0. The molecule has 2 aromatic rings. The Morgan fingerprint density at radius 2 is 1.90 bits per heavy atom. The fraction of sp³-hybridized carbons (Fsp3) is 0.200. The number of carbonyl (C=O) groups is 1. The first-order valence-corrected chi connectivity index (χ1v) is 6.24. The Morgan fingerprint density at radius 3 is 2.52 bits per heavy atom. The average Bonchev–Trinajstić information content (AvgIpc) is 2.46. The number of rotatable bonds is 5. The van der Waals surface area contributed by atoms with Crippen LogP contribution in [0.2, 0.25) is 0 Å². The summed E-state index contributed by atoms with van der Waals surface area (Å²) < 4.78 is 10.4. The van der Waals surface area contributed by atoms with E-state index in [4.69, 9.17) is 9.47 Å². The molecule has 2 N–H and O–H groups in total. The van der Waals surface area contributed by atoms with Gasteiger partial charge in [-0.1, -0.05) is 0 Å². The normalized spacial score (nSPS) is 10.0. The molecule has 6 nitrogen and oxygen atoms in total. The van der Waals surface area contributed by atoms with Crippen LogP contribution in [0.25, 0.3) is 0 Å². The molecular formula is C15H16N2O4. The second kappa shape index (κ2) is 6.13. The van der Waals surface area contributed by atoms with Gasteiger partial charge in [-0.25, -0.2) is 4.79 Å². The van der Waals surface area contributed by atoms with Crippen molar-refractivity contribution in [3.63, 3.8) is 0 Å². The fourth-order valence-electron chi connectivity index (χ4n) is 1.90. The van der Waals surface area contributed by atoms with Gasteiger partial charge in [0.1, 0.15) is 5.56 Å². The lowest BCUT2D eigenvalue weighted by Gasteiger charge is -2.13. The highest BCUT2D eigenvalue weighted by molar-refractivity contribution is 5.94. The van der Waals surface area contributed by atoms with Gasteiger partial charge in [0.2, 0.25) is 0 Å². The molecule has 0 unspecified atom stereocenters. The van der Waals surface area contributed by atoms with Crippen LogP contribution in [-0.4, -0.2) is 30.3 Å². The molecule has 2 rings (SSSR count). The molecule has 0 aliphatic heterocycles. The Hall–Kier alpha value is -2.76. The third kappa shape index (κ3) is 3.22. The van der Waals surface area contributed by atoms with Crippen LogP contribution in [-0.2, 0) is 0 Å². The quantitative estimate of drug-likeness (QED) is 0.880. The number of carboxylic acids is 1. The highest BCUT2D eigenvalue weighted by Gasteiger charge is 2.12. The van der Waals surface area contributed by atoms with E-state index in [1.807, 2.05) is 0 Å². The number of nitrogens with zero attached hydrogens (tertiary/aromatic N) is 1. The third-order valence-electron chi connectivity index (χ3n) is 2.93. The summed E-state index contributed by atoms with van der Waals surface area (Å²) in [6.07, 6.45) is 1.33. The molecule has 0 radical (unpaired) electrons. The summed E-state index contributed by atoms with van der Waals surface area (Å²) in [4.78, 5) is 15.2. The molecule has 0 aliphatic rings. The number of anilines is 2. The van der Waals surface area contributed by atoms with Crippen LogP contribution >= 0.6 is 0 Å². The maximum absolute atomic E-state index is 11.2. The maximum Gasteiger partial charge on any atom is 0.339 e. The molecular weight excluding hydrogens is 272 g/mol. The van der Waals surface area contributed by atoms with Gasteiger partial charge < -0.3 is 19.9 Å². The number of pyridine rings is 1. The Bertz CT molecular complexity index is 671. The van der Waals surface area contributed by atoms with Crippen molar-refractivity contribution in [2.75, 3.05) is 19.5 Å². The lowest BCUT2D eigenvalue weighted by atomic mass is 10.2. The molecule has 21 heavy (non-hydrogen) atoms. The summed E-state index contributed by atoms with van der Waals surface area (Å²) in [7, 11) is 3.10. The average molecular weight is 288 g/mol. The smallest absolute Gasteiger partial charge is 0.339 e. The minimum absolute atomic E-state index is 0.107. The van der Waals surface area contributed by atoms with Crippen LogP contribution in [0.1, 0.15) is 16.1 Å². The van der Waals surface area contributed by atoms with Crippen LogP contribution in [0.3, 0.4) is 0 Å². The molecule has 6 heteroatoms. The third-order valence-corrected chi connectivity index (χ3v) is 2.93. The molecule has 0 atom stereocenters. The number of ether oxygens (including phenoxy) is 2. The summed E-state index contributed by atoms with van der Waals surface area (Å²) >= 11 is 0. The number of aromatic carboxylic acids is 1. The predicted molar refractivity (Wildman–Crippen MR) is 78.8 cm³/mol. The van der Waals surface area contributed by atoms with E-state index >= 15 is 0 Å². The molecule has 0 saturated heterocycles. The lowest BCUT2D eigenvalue weighted by Crippen LogP contribution is -2.04. The fourth-order valence-corrected chi connectivity index (χ4v) is 1.90. The summed E-state index contributed by atoms with van der Waals surface area (Å²) in [5.74, 6) is 0.128. The van der Waals surface area contributed by atoms with Crippen molar-refractivity contribution in [1.82, 2.24) is 4.98 Å². The van der Waals surface area contributed by atoms with E-state index in [2.05, 4.69) is 10.3 Å². The highest BCUT2D eigenvalue weighted by atomic mass is 16.5. The van der Waals surface area contributed by atoms with Crippen LogP contribution in [0, 0.1) is 6.92 Å². The Kier molecular flexibility index (Phi) is 4.27. The number of aryl methyl sites for hydroxylation is 1. The molecule has 0 aliphatic carbocycles. The SMILES string of the molecule is COc1ccc(Nc2cc(C)ncc2C(=O)O)cc1OC. The lowest BCUT2D eigenvalue weighted by molar-refractivity contribution is 0.0697. The number of hydrogen-bond donors (Lipinski definition) is 2. The van der Waals surface area contributed by atoms with Crippen LogP contribution < -0.4 is 14.8 Å². The molecule has 1 aromatic carbocycles. The van der Waals surface area contributed by atoms with E-state index in [-0.39, 0.29) is 5.56 Å². The molecule has 0 saturated carbocycles. The van der Waals surface area contributed by atoms with Gasteiger partial charge in [-0.2, -0.15) is 0 Å². The van der Waals surface area contributed by atoms with Gasteiger partial charge >= 0.3 is 5.97 Å². The topological polar surface area (TPSA) is 80.7 Å². The van der Waals surface area contributed by atoms with Crippen molar-refractivity contribution >= 4 is 17.3 Å². The summed E-state index contributed by atoms with van der Waals surface area (Å²) in [5, 5.41) is 12.3. The van der Waals surface area contributed by atoms with Crippen LogP contribution in [0.5, 0.6) is 11.5 Å². The molecule has 1 aromatic heterocycles. The number of methoxy groups -OCH3 is 2. The molecule has 0 amide bonds.